The Labute approximate surface area is 149 Å². The van der Waals surface area contributed by atoms with E-state index < -0.39 is 0 Å². The number of halogens is 1. The fraction of sp³-hybridized carbons (Fsp3) is 0.632. The molecule has 1 saturated carbocycles. The molecule has 23 heavy (non-hydrogen) atoms. The molecule has 1 aliphatic carbocycles. The van der Waals surface area contributed by atoms with Gasteiger partial charge in [0.2, 0.25) is 5.91 Å². The van der Waals surface area contributed by atoms with Gasteiger partial charge in [0.25, 0.3) is 0 Å². The van der Waals surface area contributed by atoms with E-state index in [4.69, 9.17) is 11.6 Å². The van der Waals surface area contributed by atoms with Crippen LogP contribution >= 0.6 is 23.4 Å². The minimum Gasteiger partial charge on any atom is -0.341 e. The highest BCUT2D eigenvalue weighted by molar-refractivity contribution is 8.00. The maximum absolute atomic E-state index is 12.6. The minimum atomic E-state index is 0.336. The van der Waals surface area contributed by atoms with Crippen LogP contribution in [-0.2, 0) is 4.79 Å². The lowest BCUT2D eigenvalue weighted by Crippen LogP contribution is -2.35. The summed E-state index contributed by atoms with van der Waals surface area (Å²) in [5.74, 6) is 1.45. The molecule has 1 atom stereocenters. The number of likely N-dealkylation sites (tertiary alicyclic amines) is 1. The van der Waals surface area contributed by atoms with E-state index in [1.807, 2.05) is 23.9 Å². The van der Waals surface area contributed by atoms with Crippen molar-refractivity contribution in [1.29, 1.82) is 0 Å². The zero-order chi connectivity index (χ0) is 16.1. The second-order valence-corrected chi connectivity index (χ2v) is 8.53. The van der Waals surface area contributed by atoms with E-state index in [1.165, 1.54) is 44.1 Å². The summed E-state index contributed by atoms with van der Waals surface area (Å²) in [6, 6.07) is 8.16. The Kier molecular flexibility index (Phi) is 6.29. The number of hydrogen-bond donors (Lipinski definition) is 0. The summed E-state index contributed by atoms with van der Waals surface area (Å²) < 4.78 is 0. The maximum Gasteiger partial charge on any atom is 0.232 e. The van der Waals surface area contributed by atoms with Crippen LogP contribution in [0.25, 0.3) is 0 Å². The summed E-state index contributed by atoms with van der Waals surface area (Å²) in [6.07, 6.45) is 8.77. The number of thioether (sulfide) groups is 1. The van der Waals surface area contributed by atoms with Gasteiger partial charge in [-0.25, -0.2) is 0 Å². The molecule has 1 heterocycles. The smallest absolute Gasteiger partial charge is 0.232 e. The van der Waals surface area contributed by atoms with Gasteiger partial charge < -0.3 is 4.90 Å². The Morgan fingerprint density at radius 1 is 1.09 bits per heavy atom. The molecular weight excluding hydrogens is 326 g/mol. The van der Waals surface area contributed by atoms with Gasteiger partial charge in [-0.2, -0.15) is 0 Å². The van der Waals surface area contributed by atoms with Gasteiger partial charge in [-0.15, -0.1) is 11.8 Å². The lowest BCUT2D eigenvalue weighted by Gasteiger charge is -2.25. The molecule has 1 saturated heterocycles. The first-order valence-corrected chi connectivity index (χ1v) is 10.3. The first kappa shape index (κ1) is 17.2. The first-order chi connectivity index (χ1) is 11.2. The van der Waals surface area contributed by atoms with Crippen LogP contribution in [0.5, 0.6) is 0 Å². The van der Waals surface area contributed by atoms with E-state index in [0.717, 1.165) is 29.8 Å². The summed E-state index contributed by atoms with van der Waals surface area (Å²) in [7, 11) is 0. The maximum atomic E-state index is 12.6. The Hall–Kier alpha value is -0.670. The Bertz CT molecular complexity index is 513. The summed E-state index contributed by atoms with van der Waals surface area (Å²) in [4.78, 5) is 14.7. The molecule has 4 heteroatoms. The number of carbonyl (C=O) groups is 1. The van der Waals surface area contributed by atoms with Crippen molar-refractivity contribution in [3.63, 3.8) is 0 Å². The van der Waals surface area contributed by atoms with Crippen LogP contribution in [0, 0.1) is 0 Å². The average molecular weight is 352 g/mol. The Balaban J connectivity index is 1.57. The molecular formula is C19H26ClNOS. The summed E-state index contributed by atoms with van der Waals surface area (Å²) >= 11 is 7.88. The van der Waals surface area contributed by atoms with Gasteiger partial charge in [0.1, 0.15) is 0 Å². The molecule has 1 aromatic carbocycles. The van der Waals surface area contributed by atoms with Crippen LogP contribution in [0.3, 0.4) is 0 Å². The standard InChI is InChI=1S/C19H26ClNOS/c20-17-10-8-15(9-11-17)16-5-3-4-12-21(13-16)19(22)14-23-18-6-1-2-7-18/h8-11,16,18H,1-7,12-14H2. The molecule has 2 fully saturated rings. The average Bonchev–Trinajstić information content (AvgIpc) is 2.96. The highest BCUT2D eigenvalue weighted by Crippen LogP contribution is 2.31. The SMILES string of the molecule is O=C(CSC1CCCC1)N1CCCCC(c2ccc(Cl)cc2)C1. The van der Waals surface area contributed by atoms with Gasteiger partial charge in [-0.3, -0.25) is 4.79 Å². The molecule has 1 aromatic rings. The molecule has 0 radical (unpaired) electrons. The number of rotatable bonds is 4. The van der Waals surface area contributed by atoms with Gasteiger partial charge >= 0.3 is 0 Å². The quantitative estimate of drug-likeness (QED) is 0.751. The van der Waals surface area contributed by atoms with E-state index in [9.17, 15) is 4.79 Å². The van der Waals surface area contributed by atoms with E-state index in [2.05, 4.69) is 17.0 Å². The molecule has 126 valence electrons. The zero-order valence-electron chi connectivity index (χ0n) is 13.7. The molecule has 0 spiro atoms. The van der Waals surface area contributed by atoms with Crippen LogP contribution in [0.2, 0.25) is 5.02 Å². The van der Waals surface area contributed by atoms with E-state index in [1.54, 1.807) is 0 Å². The summed E-state index contributed by atoms with van der Waals surface area (Å²) in [5, 5.41) is 1.50. The Morgan fingerprint density at radius 2 is 1.78 bits per heavy atom. The van der Waals surface area contributed by atoms with Gasteiger partial charge in [0, 0.05) is 29.3 Å². The van der Waals surface area contributed by atoms with Crippen molar-refractivity contribution < 1.29 is 4.79 Å². The fourth-order valence-corrected chi connectivity index (χ4v) is 5.06. The summed E-state index contributed by atoms with van der Waals surface area (Å²) in [6.45, 7) is 1.79. The van der Waals surface area contributed by atoms with Gasteiger partial charge in [0.15, 0.2) is 0 Å². The number of benzene rings is 1. The van der Waals surface area contributed by atoms with Crippen molar-refractivity contribution in [1.82, 2.24) is 4.90 Å². The van der Waals surface area contributed by atoms with Crippen LogP contribution in [-0.4, -0.2) is 34.9 Å². The number of hydrogen-bond acceptors (Lipinski definition) is 2. The monoisotopic (exact) mass is 351 g/mol. The van der Waals surface area contributed by atoms with E-state index in [-0.39, 0.29) is 0 Å². The predicted octanol–water partition coefficient (Wildman–Crippen LogP) is 5.11. The first-order valence-electron chi connectivity index (χ1n) is 8.87. The van der Waals surface area contributed by atoms with Gasteiger partial charge in [-0.1, -0.05) is 43.0 Å². The van der Waals surface area contributed by atoms with Crippen LogP contribution in [0.1, 0.15) is 56.4 Å². The lowest BCUT2D eigenvalue weighted by molar-refractivity contribution is -0.128. The molecule has 0 bridgehead atoms. The molecule has 3 rings (SSSR count). The molecule has 0 aromatic heterocycles. The second-order valence-electron chi connectivity index (χ2n) is 6.80. The van der Waals surface area contributed by atoms with Crippen molar-refractivity contribution in [2.24, 2.45) is 0 Å². The second kappa shape index (κ2) is 8.43. The fourth-order valence-electron chi connectivity index (χ4n) is 3.71. The van der Waals surface area contributed by atoms with Crippen molar-refractivity contribution in [3.05, 3.63) is 34.9 Å². The summed E-state index contributed by atoms with van der Waals surface area (Å²) in [5.41, 5.74) is 1.32. The molecule has 1 amide bonds. The Morgan fingerprint density at radius 3 is 2.52 bits per heavy atom. The number of carbonyl (C=O) groups excluding carboxylic acids is 1. The lowest BCUT2D eigenvalue weighted by atomic mass is 9.94. The highest BCUT2D eigenvalue weighted by Gasteiger charge is 2.24. The molecule has 1 unspecified atom stereocenters. The normalized spacial score (nSPS) is 23.0. The molecule has 2 nitrogen and oxygen atoms in total. The van der Waals surface area contributed by atoms with Crippen molar-refractivity contribution in [2.75, 3.05) is 18.8 Å². The third-order valence-electron chi connectivity index (χ3n) is 5.11. The highest BCUT2D eigenvalue weighted by atomic mass is 35.5. The van der Waals surface area contributed by atoms with Crippen molar-refractivity contribution in [2.45, 2.75) is 56.1 Å². The van der Waals surface area contributed by atoms with Crippen LogP contribution in [0.15, 0.2) is 24.3 Å². The van der Waals surface area contributed by atoms with Gasteiger partial charge in [0.05, 0.1) is 5.75 Å². The molecule has 1 aliphatic heterocycles. The van der Waals surface area contributed by atoms with E-state index in [0.29, 0.717) is 17.6 Å². The van der Waals surface area contributed by atoms with Gasteiger partial charge in [-0.05, 0) is 43.4 Å². The number of nitrogens with zero attached hydrogens (tertiary/aromatic N) is 1. The topological polar surface area (TPSA) is 20.3 Å². The largest absolute Gasteiger partial charge is 0.341 e. The number of amides is 1. The third kappa shape index (κ3) is 4.90. The zero-order valence-corrected chi connectivity index (χ0v) is 15.2. The minimum absolute atomic E-state index is 0.336. The van der Waals surface area contributed by atoms with Crippen molar-refractivity contribution >= 4 is 29.3 Å². The van der Waals surface area contributed by atoms with Crippen molar-refractivity contribution in [3.8, 4) is 0 Å². The predicted molar refractivity (Wildman–Crippen MR) is 99.3 cm³/mol. The molecule has 0 N–H and O–H groups in total. The van der Waals surface area contributed by atoms with Crippen LogP contribution in [0.4, 0.5) is 0 Å². The van der Waals surface area contributed by atoms with Crippen LogP contribution < -0.4 is 0 Å². The third-order valence-corrected chi connectivity index (χ3v) is 6.72. The van der Waals surface area contributed by atoms with E-state index >= 15 is 0 Å². The molecule has 2 aliphatic rings.